The zero-order valence-electron chi connectivity index (χ0n) is 12.5. The van der Waals surface area contributed by atoms with Gasteiger partial charge in [0.05, 0.1) is 6.54 Å². The van der Waals surface area contributed by atoms with E-state index in [2.05, 4.69) is 24.0 Å². The summed E-state index contributed by atoms with van der Waals surface area (Å²) < 4.78 is 5.96. The topological polar surface area (TPSA) is 41.8 Å². The number of hydrogen-bond acceptors (Lipinski definition) is 4. The first-order valence-electron chi connectivity index (χ1n) is 7.45. The number of hydrogen-bond donors (Lipinski definition) is 1. The molecular weight excluding hydrogens is 294 g/mol. The van der Waals surface area contributed by atoms with Crippen LogP contribution < -0.4 is 0 Å². The van der Waals surface area contributed by atoms with Crippen LogP contribution in [0.4, 0.5) is 0 Å². The van der Waals surface area contributed by atoms with Crippen LogP contribution >= 0.6 is 11.8 Å². The van der Waals surface area contributed by atoms with Gasteiger partial charge in [-0.3, -0.25) is 0 Å². The first-order valence-corrected chi connectivity index (χ1v) is 8.44. The van der Waals surface area contributed by atoms with E-state index in [0.717, 1.165) is 16.9 Å². The number of benzene rings is 2. The lowest BCUT2D eigenvalue weighted by atomic mass is 10.0. The lowest BCUT2D eigenvalue weighted by Gasteiger charge is -2.28. The van der Waals surface area contributed by atoms with Gasteiger partial charge < -0.3 is 9.84 Å². The Bertz CT molecular complexity index is 640. The minimum atomic E-state index is -0.610. The van der Waals surface area contributed by atoms with Crippen molar-refractivity contribution in [3.8, 4) is 0 Å². The van der Waals surface area contributed by atoms with E-state index in [0.29, 0.717) is 12.4 Å². The molecule has 3 nitrogen and oxygen atoms in total. The van der Waals surface area contributed by atoms with Gasteiger partial charge in [-0.25, -0.2) is 4.99 Å². The molecule has 0 amide bonds. The minimum Gasteiger partial charge on any atom is -0.466 e. The fourth-order valence-electron chi connectivity index (χ4n) is 2.46. The summed E-state index contributed by atoms with van der Waals surface area (Å²) in [4.78, 5) is 5.61. The average Bonchev–Trinajstić information content (AvgIpc) is 2.57. The molecule has 4 heteroatoms. The second-order valence-electron chi connectivity index (χ2n) is 5.12. The third-order valence-corrected chi connectivity index (χ3v) is 4.44. The smallest absolute Gasteiger partial charge is 0.216 e. The molecule has 2 unspecified atom stereocenters. The predicted octanol–water partition coefficient (Wildman–Crippen LogP) is 3.68. The zero-order valence-corrected chi connectivity index (χ0v) is 13.3. The van der Waals surface area contributed by atoms with Crippen molar-refractivity contribution in [3.05, 3.63) is 65.7 Å². The first-order chi connectivity index (χ1) is 10.8. The summed E-state index contributed by atoms with van der Waals surface area (Å²) >= 11 is 1.81. The molecule has 0 aliphatic carbocycles. The molecular formula is C18H19NO2S. The quantitative estimate of drug-likeness (QED) is 0.876. The van der Waals surface area contributed by atoms with Crippen LogP contribution in [0.3, 0.4) is 0 Å². The van der Waals surface area contributed by atoms with Crippen molar-refractivity contribution < 1.29 is 9.84 Å². The highest BCUT2D eigenvalue weighted by atomic mass is 32.2. The molecule has 0 bridgehead atoms. The van der Waals surface area contributed by atoms with Crippen molar-refractivity contribution in [2.75, 3.05) is 12.3 Å². The monoisotopic (exact) mass is 313 g/mol. The van der Waals surface area contributed by atoms with Gasteiger partial charge in [0.1, 0.15) is 6.10 Å². The number of aliphatic hydroxyl groups is 1. The highest BCUT2D eigenvalue weighted by molar-refractivity contribution is 7.99. The Morgan fingerprint density at radius 2 is 1.86 bits per heavy atom. The fraction of sp³-hybridized carbons (Fsp3) is 0.278. The predicted molar refractivity (Wildman–Crippen MR) is 90.5 cm³/mol. The lowest BCUT2D eigenvalue weighted by Crippen LogP contribution is -2.31. The van der Waals surface area contributed by atoms with Gasteiger partial charge in [0, 0.05) is 10.5 Å². The Kier molecular flexibility index (Phi) is 4.80. The Labute approximate surface area is 135 Å². The Balaban J connectivity index is 1.80. The van der Waals surface area contributed by atoms with Gasteiger partial charge in [0.15, 0.2) is 6.10 Å². The van der Waals surface area contributed by atoms with Crippen LogP contribution in [0, 0.1) is 0 Å². The maximum absolute atomic E-state index is 10.2. The number of nitrogens with zero attached hydrogens (tertiary/aromatic N) is 1. The van der Waals surface area contributed by atoms with E-state index in [1.807, 2.05) is 54.2 Å². The van der Waals surface area contributed by atoms with Crippen molar-refractivity contribution in [2.45, 2.75) is 24.0 Å². The van der Waals surface area contributed by atoms with E-state index < -0.39 is 6.10 Å². The molecule has 2 aromatic rings. The van der Waals surface area contributed by atoms with Crippen LogP contribution in [0.2, 0.25) is 0 Å². The molecule has 0 aromatic heterocycles. The van der Waals surface area contributed by atoms with Crippen LogP contribution in [0.25, 0.3) is 0 Å². The van der Waals surface area contributed by atoms with Crippen molar-refractivity contribution >= 4 is 17.7 Å². The summed E-state index contributed by atoms with van der Waals surface area (Å²) in [6.07, 6.45) is -0.973. The maximum atomic E-state index is 10.2. The van der Waals surface area contributed by atoms with Crippen LogP contribution in [0.1, 0.15) is 24.2 Å². The Morgan fingerprint density at radius 3 is 2.55 bits per heavy atom. The molecule has 0 fully saturated rings. The zero-order chi connectivity index (χ0) is 15.4. The standard InChI is InChI=1S/C18H19NO2S/c1-2-22-15-10-8-14(9-11-15)18-19-12-16(20)17(21-18)13-6-4-3-5-7-13/h3-11,16-17,20H,2,12H2,1H3. The molecule has 2 atom stereocenters. The normalized spacial score (nSPS) is 21.1. The van der Waals surface area contributed by atoms with Gasteiger partial charge in [0.25, 0.3) is 0 Å². The van der Waals surface area contributed by atoms with Gasteiger partial charge in [-0.2, -0.15) is 0 Å². The van der Waals surface area contributed by atoms with Crippen LogP contribution in [0.15, 0.2) is 64.5 Å². The van der Waals surface area contributed by atoms with Gasteiger partial charge in [-0.15, -0.1) is 11.8 Å². The van der Waals surface area contributed by atoms with Crippen LogP contribution in [0.5, 0.6) is 0 Å². The largest absolute Gasteiger partial charge is 0.466 e. The summed E-state index contributed by atoms with van der Waals surface area (Å²) in [6, 6.07) is 18.0. The van der Waals surface area contributed by atoms with E-state index >= 15 is 0 Å². The number of aliphatic hydroxyl groups excluding tert-OH is 1. The molecule has 1 aliphatic rings. The van der Waals surface area contributed by atoms with Gasteiger partial charge in [-0.05, 0) is 35.6 Å². The Morgan fingerprint density at radius 1 is 1.14 bits per heavy atom. The van der Waals surface area contributed by atoms with Crippen molar-refractivity contribution in [3.63, 3.8) is 0 Å². The van der Waals surface area contributed by atoms with Crippen molar-refractivity contribution in [2.24, 2.45) is 4.99 Å². The third kappa shape index (κ3) is 3.34. The first kappa shape index (κ1) is 15.1. The number of aliphatic imine (C=N–C) groups is 1. The molecule has 1 aliphatic heterocycles. The van der Waals surface area contributed by atoms with Gasteiger partial charge in [0.2, 0.25) is 5.90 Å². The summed E-state index contributed by atoms with van der Waals surface area (Å²) in [7, 11) is 0. The average molecular weight is 313 g/mol. The van der Waals surface area contributed by atoms with Gasteiger partial charge >= 0.3 is 0 Å². The second-order valence-corrected chi connectivity index (χ2v) is 6.46. The minimum absolute atomic E-state index is 0.361. The lowest BCUT2D eigenvalue weighted by molar-refractivity contribution is 0.0217. The summed E-state index contributed by atoms with van der Waals surface area (Å²) in [5.74, 6) is 1.66. The summed E-state index contributed by atoms with van der Waals surface area (Å²) in [5.41, 5.74) is 1.92. The molecule has 0 radical (unpaired) electrons. The van der Waals surface area contributed by atoms with Crippen molar-refractivity contribution in [1.82, 2.24) is 0 Å². The molecule has 0 saturated carbocycles. The van der Waals surface area contributed by atoms with E-state index in [4.69, 9.17) is 4.74 Å². The SMILES string of the molecule is CCSc1ccc(C2=NCC(O)C(c3ccccc3)O2)cc1. The molecule has 114 valence electrons. The second kappa shape index (κ2) is 6.99. The molecule has 22 heavy (non-hydrogen) atoms. The number of thioether (sulfide) groups is 1. The van der Waals surface area contributed by atoms with Gasteiger partial charge in [-0.1, -0.05) is 37.3 Å². The molecule has 1 heterocycles. The fourth-order valence-corrected chi connectivity index (χ4v) is 3.12. The van der Waals surface area contributed by atoms with E-state index in [1.165, 1.54) is 4.90 Å². The van der Waals surface area contributed by atoms with E-state index in [-0.39, 0.29) is 6.10 Å². The molecule has 2 aromatic carbocycles. The van der Waals surface area contributed by atoms with Crippen molar-refractivity contribution in [1.29, 1.82) is 0 Å². The third-order valence-electron chi connectivity index (χ3n) is 3.55. The van der Waals surface area contributed by atoms with E-state index in [9.17, 15) is 5.11 Å². The summed E-state index contributed by atoms with van der Waals surface area (Å²) in [6.45, 7) is 2.50. The Hall–Kier alpha value is -1.78. The maximum Gasteiger partial charge on any atom is 0.216 e. The molecule has 0 saturated heterocycles. The van der Waals surface area contributed by atoms with Crippen LogP contribution in [-0.2, 0) is 4.74 Å². The summed E-state index contributed by atoms with van der Waals surface area (Å²) in [5, 5.41) is 10.2. The highest BCUT2D eigenvalue weighted by Gasteiger charge is 2.28. The number of ether oxygens (including phenoxy) is 1. The highest BCUT2D eigenvalue weighted by Crippen LogP contribution is 2.27. The number of rotatable bonds is 4. The molecule has 1 N–H and O–H groups in total. The molecule has 3 rings (SSSR count). The molecule has 0 spiro atoms. The van der Waals surface area contributed by atoms with Crippen LogP contribution in [-0.4, -0.2) is 29.4 Å². The van der Waals surface area contributed by atoms with E-state index in [1.54, 1.807) is 0 Å².